The van der Waals surface area contributed by atoms with Gasteiger partial charge in [0.05, 0.1) is 12.1 Å². The highest BCUT2D eigenvalue weighted by Crippen LogP contribution is 2.32. The molecule has 0 aliphatic heterocycles. The average molecular weight is 247 g/mol. The van der Waals surface area contributed by atoms with Gasteiger partial charge in [-0.1, -0.05) is 50.1 Å². The van der Waals surface area contributed by atoms with Crippen LogP contribution >= 0.6 is 0 Å². The highest BCUT2D eigenvalue weighted by atomic mass is 16.5. The quantitative estimate of drug-likeness (QED) is 0.758. The molecule has 2 unspecified atom stereocenters. The first-order chi connectivity index (χ1) is 8.81. The van der Waals surface area contributed by atoms with Gasteiger partial charge >= 0.3 is 0 Å². The SMILES string of the molecule is CCNC(c1ccccc1)C(C)OCCC1CC1. The second-order valence-corrected chi connectivity index (χ2v) is 5.25. The molecule has 18 heavy (non-hydrogen) atoms. The van der Waals surface area contributed by atoms with Crippen LogP contribution in [-0.4, -0.2) is 19.3 Å². The standard InChI is InChI=1S/C16H25NO/c1-3-17-16(15-7-5-4-6-8-15)13(2)18-12-11-14-9-10-14/h4-8,13-14,16-17H,3,9-12H2,1-2H3. The van der Waals surface area contributed by atoms with Gasteiger partial charge in [0.25, 0.3) is 0 Å². The summed E-state index contributed by atoms with van der Waals surface area (Å²) in [7, 11) is 0. The van der Waals surface area contributed by atoms with Crippen LogP contribution in [0.1, 0.15) is 44.7 Å². The van der Waals surface area contributed by atoms with E-state index in [1.54, 1.807) is 0 Å². The minimum absolute atomic E-state index is 0.228. The summed E-state index contributed by atoms with van der Waals surface area (Å²) in [6, 6.07) is 10.9. The van der Waals surface area contributed by atoms with Crippen molar-refractivity contribution in [2.45, 2.75) is 45.3 Å². The maximum absolute atomic E-state index is 6.00. The Hall–Kier alpha value is -0.860. The monoisotopic (exact) mass is 247 g/mol. The van der Waals surface area contributed by atoms with Crippen molar-refractivity contribution in [1.82, 2.24) is 5.32 Å². The van der Waals surface area contributed by atoms with Crippen LogP contribution in [0.3, 0.4) is 0 Å². The molecule has 0 saturated heterocycles. The van der Waals surface area contributed by atoms with E-state index in [0.717, 1.165) is 19.1 Å². The van der Waals surface area contributed by atoms with Gasteiger partial charge in [0.1, 0.15) is 0 Å². The maximum atomic E-state index is 6.00. The normalized spacial score (nSPS) is 18.6. The van der Waals surface area contributed by atoms with Crippen molar-refractivity contribution in [2.75, 3.05) is 13.2 Å². The first kappa shape index (κ1) is 13.6. The highest BCUT2D eigenvalue weighted by molar-refractivity contribution is 5.19. The Kier molecular flexibility index (Phi) is 5.21. The third-order valence-corrected chi connectivity index (χ3v) is 3.66. The van der Waals surface area contributed by atoms with Gasteiger partial charge in [-0.15, -0.1) is 0 Å². The lowest BCUT2D eigenvalue weighted by molar-refractivity contribution is 0.0353. The van der Waals surface area contributed by atoms with Crippen LogP contribution < -0.4 is 5.32 Å². The van der Waals surface area contributed by atoms with E-state index in [0.29, 0.717) is 6.04 Å². The second-order valence-electron chi connectivity index (χ2n) is 5.25. The molecule has 100 valence electrons. The number of benzene rings is 1. The molecule has 2 atom stereocenters. The average Bonchev–Trinajstić information content (AvgIpc) is 3.21. The molecule has 0 bridgehead atoms. The second kappa shape index (κ2) is 6.91. The van der Waals surface area contributed by atoms with Crippen molar-refractivity contribution in [1.29, 1.82) is 0 Å². The first-order valence-corrected chi connectivity index (χ1v) is 7.21. The summed E-state index contributed by atoms with van der Waals surface area (Å²) in [5.41, 5.74) is 1.32. The summed E-state index contributed by atoms with van der Waals surface area (Å²) < 4.78 is 6.00. The van der Waals surface area contributed by atoms with Gasteiger partial charge in [-0.05, 0) is 31.4 Å². The fourth-order valence-electron chi connectivity index (χ4n) is 2.36. The smallest absolute Gasteiger partial charge is 0.0741 e. The number of hydrogen-bond donors (Lipinski definition) is 1. The number of likely N-dealkylation sites (N-methyl/N-ethyl adjacent to an activating group) is 1. The van der Waals surface area contributed by atoms with Crippen molar-refractivity contribution in [2.24, 2.45) is 5.92 Å². The van der Waals surface area contributed by atoms with Gasteiger partial charge in [-0.3, -0.25) is 0 Å². The Morgan fingerprint density at radius 3 is 2.61 bits per heavy atom. The predicted octanol–water partition coefficient (Wildman–Crippen LogP) is 3.54. The third-order valence-electron chi connectivity index (χ3n) is 3.66. The molecule has 1 aliphatic rings. The van der Waals surface area contributed by atoms with Gasteiger partial charge in [0.15, 0.2) is 0 Å². The molecule has 1 N–H and O–H groups in total. The predicted molar refractivity (Wildman–Crippen MR) is 75.6 cm³/mol. The van der Waals surface area contributed by atoms with Crippen molar-refractivity contribution >= 4 is 0 Å². The van der Waals surface area contributed by atoms with E-state index in [9.17, 15) is 0 Å². The van der Waals surface area contributed by atoms with Gasteiger partial charge in [0, 0.05) is 6.61 Å². The molecule has 1 aliphatic carbocycles. The van der Waals surface area contributed by atoms with Crippen LogP contribution in [0.15, 0.2) is 30.3 Å². The Balaban J connectivity index is 1.86. The van der Waals surface area contributed by atoms with Crippen molar-refractivity contribution in [3.63, 3.8) is 0 Å². The summed E-state index contributed by atoms with van der Waals surface area (Å²) in [4.78, 5) is 0. The molecule has 1 fully saturated rings. The van der Waals surface area contributed by atoms with Gasteiger partial charge < -0.3 is 10.1 Å². The summed E-state index contributed by atoms with van der Waals surface area (Å²) in [5, 5.41) is 3.53. The minimum Gasteiger partial charge on any atom is -0.377 e. The van der Waals surface area contributed by atoms with Crippen LogP contribution in [0, 0.1) is 5.92 Å². The van der Waals surface area contributed by atoms with E-state index in [1.807, 2.05) is 0 Å². The molecule has 0 heterocycles. The number of hydrogen-bond acceptors (Lipinski definition) is 2. The van der Waals surface area contributed by atoms with Crippen molar-refractivity contribution < 1.29 is 4.74 Å². The van der Waals surface area contributed by atoms with Gasteiger partial charge in [-0.25, -0.2) is 0 Å². The van der Waals surface area contributed by atoms with Crippen LogP contribution in [0.2, 0.25) is 0 Å². The lowest BCUT2D eigenvalue weighted by atomic mass is 10.0. The van der Waals surface area contributed by atoms with Crippen LogP contribution in [0.5, 0.6) is 0 Å². The van der Waals surface area contributed by atoms with Crippen molar-refractivity contribution in [3.05, 3.63) is 35.9 Å². The van der Waals surface area contributed by atoms with Crippen LogP contribution in [0.4, 0.5) is 0 Å². The molecule has 0 aromatic heterocycles. The molecule has 0 spiro atoms. The lowest BCUT2D eigenvalue weighted by Crippen LogP contribution is -2.32. The molecule has 1 saturated carbocycles. The summed E-state index contributed by atoms with van der Waals surface area (Å²) >= 11 is 0. The van der Waals surface area contributed by atoms with Gasteiger partial charge in [0.2, 0.25) is 0 Å². The molecule has 2 heteroatoms. The van der Waals surface area contributed by atoms with E-state index in [1.165, 1.54) is 24.8 Å². The summed E-state index contributed by atoms with van der Waals surface area (Å²) in [6.07, 6.45) is 4.28. The minimum atomic E-state index is 0.228. The van der Waals surface area contributed by atoms with Crippen LogP contribution in [0.25, 0.3) is 0 Å². The zero-order chi connectivity index (χ0) is 12.8. The van der Waals surface area contributed by atoms with Crippen LogP contribution in [-0.2, 0) is 4.74 Å². The van der Waals surface area contributed by atoms with E-state index < -0.39 is 0 Å². The molecule has 2 nitrogen and oxygen atoms in total. The molecule has 0 amide bonds. The number of rotatable bonds is 8. The highest BCUT2D eigenvalue weighted by Gasteiger charge is 2.23. The molecular weight excluding hydrogens is 222 g/mol. The number of ether oxygens (including phenoxy) is 1. The Labute approximate surface area is 111 Å². The largest absolute Gasteiger partial charge is 0.377 e. The molecule has 2 rings (SSSR count). The summed E-state index contributed by atoms with van der Waals surface area (Å²) in [5.74, 6) is 0.950. The third kappa shape index (κ3) is 4.11. The molecular formula is C16H25NO. The summed E-state index contributed by atoms with van der Waals surface area (Å²) in [6.45, 7) is 6.19. The Bertz CT molecular complexity index is 334. The van der Waals surface area contributed by atoms with E-state index in [2.05, 4.69) is 49.5 Å². The van der Waals surface area contributed by atoms with E-state index >= 15 is 0 Å². The number of nitrogens with one attached hydrogen (secondary N) is 1. The topological polar surface area (TPSA) is 21.3 Å². The molecule has 0 radical (unpaired) electrons. The Morgan fingerprint density at radius 2 is 2.00 bits per heavy atom. The molecule has 1 aromatic carbocycles. The maximum Gasteiger partial charge on any atom is 0.0741 e. The molecule has 1 aromatic rings. The fourth-order valence-corrected chi connectivity index (χ4v) is 2.36. The zero-order valence-corrected chi connectivity index (χ0v) is 11.6. The lowest BCUT2D eigenvalue weighted by Gasteiger charge is -2.25. The zero-order valence-electron chi connectivity index (χ0n) is 11.6. The Morgan fingerprint density at radius 1 is 1.28 bits per heavy atom. The van der Waals surface area contributed by atoms with E-state index in [-0.39, 0.29) is 6.10 Å². The first-order valence-electron chi connectivity index (χ1n) is 7.21. The fraction of sp³-hybridized carbons (Fsp3) is 0.625. The van der Waals surface area contributed by atoms with Crippen molar-refractivity contribution in [3.8, 4) is 0 Å². The van der Waals surface area contributed by atoms with E-state index in [4.69, 9.17) is 4.74 Å². The van der Waals surface area contributed by atoms with Gasteiger partial charge in [-0.2, -0.15) is 0 Å².